The maximum atomic E-state index is 8.87. The SMILES string of the molecule is C1CNCCN1.CN1CN(C)CN(C)C1.NCCO.OCCN(CCO)CN(CCO)CCO.OCCN1CN(CCO)CN(CCO)C1.OCCNCCO. The van der Waals surface area contributed by atoms with Crippen LogP contribution in [0.5, 0.6) is 0 Å². The fourth-order valence-corrected chi connectivity index (χ4v) is 5.44. The van der Waals surface area contributed by atoms with E-state index < -0.39 is 0 Å². The molecule has 0 atom stereocenters. The average Bonchev–Trinajstić information content (AvgIpc) is 3.17. The Kier molecular flexibility index (Phi) is 49.7. The normalized spacial score (nSPS) is 17.4. The number of aliphatic hydroxyl groups excluding tert-OH is 10. The van der Waals surface area contributed by atoms with E-state index in [0.717, 1.165) is 66.2 Å². The second-order valence-corrected chi connectivity index (χ2v) is 13.3. The lowest BCUT2D eigenvalue weighted by Gasteiger charge is -2.41. The molecule has 3 aliphatic rings. The molecule has 0 saturated carbocycles. The van der Waals surface area contributed by atoms with E-state index in [9.17, 15) is 0 Å². The molecule has 0 bridgehead atoms. The molecule has 56 heavy (non-hydrogen) atoms. The van der Waals surface area contributed by atoms with E-state index in [4.69, 9.17) is 56.8 Å². The maximum Gasteiger partial charge on any atom is 0.0559 e. The number of nitrogens with two attached hydrogens (primary N) is 1. The molecule has 0 aromatic heterocycles. The third-order valence-corrected chi connectivity index (χ3v) is 7.63. The zero-order chi connectivity index (χ0) is 42.7. The van der Waals surface area contributed by atoms with Gasteiger partial charge in [-0.25, -0.2) is 0 Å². The Bertz CT molecular complexity index is 635. The molecule has 0 radical (unpaired) electrons. The van der Waals surface area contributed by atoms with Gasteiger partial charge in [0.15, 0.2) is 0 Å². The number of piperazine rings is 1. The summed E-state index contributed by atoms with van der Waals surface area (Å²) in [4.78, 5) is 16.9. The van der Waals surface area contributed by atoms with Crippen molar-refractivity contribution in [2.45, 2.75) is 0 Å². The number of rotatable bonds is 21. The maximum absolute atomic E-state index is 8.87. The Balaban J connectivity index is -0.000000635. The summed E-state index contributed by atoms with van der Waals surface area (Å²) >= 11 is 0. The molecule has 0 aromatic carbocycles. The monoisotopic (exact) mass is 823 g/mol. The minimum atomic E-state index is 0.0338. The van der Waals surface area contributed by atoms with Crippen LogP contribution in [0.4, 0.5) is 0 Å². The van der Waals surface area contributed by atoms with Gasteiger partial charge in [0.1, 0.15) is 0 Å². The van der Waals surface area contributed by atoms with Gasteiger partial charge in [-0.1, -0.05) is 0 Å². The number of nitrogens with zero attached hydrogens (tertiary/aromatic N) is 8. The molecule has 22 heteroatoms. The summed E-state index contributed by atoms with van der Waals surface area (Å²) in [6.07, 6.45) is 0. The van der Waals surface area contributed by atoms with Gasteiger partial charge < -0.3 is 72.7 Å². The first-order chi connectivity index (χ1) is 27.1. The topological polar surface area (TPSA) is 290 Å². The molecule has 3 fully saturated rings. The van der Waals surface area contributed by atoms with Crippen molar-refractivity contribution in [3.05, 3.63) is 0 Å². The number of hydrogen-bond donors (Lipinski definition) is 14. The summed E-state index contributed by atoms with van der Waals surface area (Å²) in [5, 5.41) is 95.1. The Morgan fingerprint density at radius 3 is 0.929 bits per heavy atom. The summed E-state index contributed by atoms with van der Waals surface area (Å²) in [6.45, 7) is 16.9. The number of hydrogen-bond acceptors (Lipinski definition) is 22. The van der Waals surface area contributed by atoms with Crippen molar-refractivity contribution >= 4 is 0 Å². The minimum Gasteiger partial charge on any atom is -0.395 e. The third-order valence-electron chi connectivity index (χ3n) is 7.63. The fraction of sp³-hybridized carbons (Fsp3) is 1.00. The van der Waals surface area contributed by atoms with Crippen LogP contribution in [0.1, 0.15) is 0 Å². The summed E-state index contributed by atoms with van der Waals surface area (Å²) in [5.74, 6) is 0. The predicted octanol–water partition coefficient (Wildman–Crippen LogP) is -8.38. The van der Waals surface area contributed by atoms with Gasteiger partial charge in [-0.15, -0.1) is 0 Å². The van der Waals surface area contributed by atoms with Crippen LogP contribution < -0.4 is 21.7 Å². The largest absolute Gasteiger partial charge is 0.395 e. The molecule has 0 aliphatic carbocycles. The highest BCUT2D eigenvalue weighted by Gasteiger charge is 2.22. The molecule has 22 nitrogen and oxygen atoms in total. The third kappa shape index (κ3) is 41.3. The highest BCUT2D eigenvalue weighted by molar-refractivity contribution is 4.69. The van der Waals surface area contributed by atoms with Crippen LogP contribution in [0.15, 0.2) is 0 Å². The number of nitrogens with one attached hydrogen (secondary N) is 3. The van der Waals surface area contributed by atoms with Gasteiger partial charge in [0.05, 0.1) is 113 Å². The second kappa shape index (κ2) is 46.8. The standard InChI is InChI=1S/C9H21N3O3.C9H22N2O4.C6H15N3.C4H10N2.C4H11NO2.C2H7NO/c13-4-1-10-7-11(2-5-14)9-12(8-10)3-6-15;12-5-1-10(2-6-13)9-11(3-7-14)4-8-15;1-7-4-8(2)6-9(3)5-7;1-2-6-4-3-5-1;6-3-1-5-2-4-7;3-1-2-4/h13-15H,1-9H2;12-15H,1-9H2;4-6H2,1-3H3;5-6H,1-4H2;5-7H,1-4H2;4H,1-3H2. The molecule has 3 rings (SSSR count). The van der Waals surface area contributed by atoms with Gasteiger partial charge in [-0.3, -0.25) is 39.2 Å². The van der Waals surface area contributed by atoms with Crippen molar-refractivity contribution in [1.29, 1.82) is 0 Å². The van der Waals surface area contributed by atoms with Crippen LogP contribution in [-0.4, -0.2) is 316 Å². The fourth-order valence-electron chi connectivity index (χ4n) is 5.44. The number of β-amino-alcohol motifs (C(OH)–C–C–N with tert-alkyl or cyclic N) is 3. The molecular weight excluding hydrogens is 736 g/mol. The zero-order valence-corrected chi connectivity index (χ0v) is 35.0. The molecule has 0 spiro atoms. The summed E-state index contributed by atoms with van der Waals surface area (Å²) < 4.78 is 0. The average molecular weight is 823 g/mol. The quantitative estimate of drug-likeness (QED) is 0.0378. The van der Waals surface area contributed by atoms with Gasteiger partial charge in [-0.05, 0) is 21.1 Å². The van der Waals surface area contributed by atoms with Crippen molar-refractivity contribution in [2.24, 2.45) is 5.73 Å². The zero-order valence-electron chi connectivity index (χ0n) is 35.0. The van der Waals surface area contributed by atoms with E-state index in [0.29, 0.717) is 72.1 Å². The van der Waals surface area contributed by atoms with Gasteiger partial charge in [0.2, 0.25) is 0 Å². The van der Waals surface area contributed by atoms with Crippen molar-refractivity contribution in [2.75, 3.05) is 226 Å². The Hall–Kier alpha value is -0.880. The lowest BCUT2D eigenvalue weighted by Crippen LogP contribution is -2.56. The molecule has 0 aromatic rings. The van der Waals surface area contributed by atoms with Crippen LogP contribution in [0.3, 0.4) is 0 Å². The summed E-state index contributed by atoms with van der Waals surface area (Å²) in [6, 6.07) is 0. The van der Waals surface area contributed by atoms with E-state index in [2.05, 4.69) is 66.5 Å². The molecule has 342 valence electrons. The highest BCUT2D eigenvalue weighted by Crippen LogP contribution is 2.06. The van der Waals surface area contributed by atoms with E-state index in [-0.39, 0.29) is 66.1 Å². The molecule has 3 saturated heterocycles. The predicted molar refractivity (Wildman–Crippen MR) is 219 cm³/mol. The van der Waals surface area contributed by atoms with Crippen LogP contribution >= 0.6 is 0 Å². The van der Waals surface area contributed by atoms with Gasteiger partial charge in [0, 0.05) is 91.6 Å². The van der Waals surface area contributed by atoms with Crippen LogP contribution in [0.2, 0.25) is 0 Å². The molecule has 0 amide bonds. The van der Waals surface area contributed by atoms with Gasteiger partial charge in [0.25, 0.3) is 0 Å². The lowest BCUT2D eigenvalue weighted by molar-refractivity contribution is -0.0448. The molecular formula is C34H86N12O10. The van der Waals surface area contributed by atoms with E-state index in [1.807, 2.05) is 9.80 Å². The van der Waals surface area contributed by atoms with Crippen molar-refractivity contribution in [3.8, 4) is 0 Å². The number of aliphatic hydroxyl groups is 10. The van der Waals surface area contributed by atoms with Gasteiger partial charge in [-0.2, -0.15) is 0 Å². The second-order valence-electron chi connectivity index (χ2n) is 13.3. The molecule has 3 heterocycles. The van der Waals surface area contributed by atoms with Crippen molar-refractivity contribution < 1.29 is 51.1 Å². The van der Waals surface area contributed by atoms with E-state index in [1.54, 1.807) is 0 Å². The Morgan fingerprint density at radius 1 is 0.446 bits per heavy atom. The first kappa shape index (κ1) is 59.4. The van der Waals surface area contributed by atoms with E-state index in [1.165, 1.54) is 0 Å². The lowest BCUT2D eigenvalue weighted by atomic mass is 10.4. The van der Waals surface area contributed by atoms with Crippen LogP contribution in [-0.2, 0) is 0 Å². The smallest absolute Gasteiger partial charge is 0.0559 e. The van der Waals surface area contributed by atoms with E-state index >= 15 is 0 Å². The summed E-state index contributed by atoms with van der Waals surface area (Å²) in [5.41, 5.74) is 4.78. The first-order valence-electron chi connectivity index (χ1n) is 19.7. The minimum absolute atomic E-state index is 0.0338. The van der Waals surface area contributed by atoms with Crippen molar-refractivity contribution in [1.82, 2.24) is 55.1 Å². The van der Waals surface area contributed by atoms with Crippen LogP contribution in [0.25, 0.3) is 0 Å². The first-order valence-corrected chi connectivity index (χ1v) is 19.7. The highest BCUT2D eigenvalue weighted by atomic mass is 16.3. The summed E-state index contributed by atoms with van der Waals surface area (Å²) in [7, 11) is 6.39. The Morgan fingerprint density at radius 2 is 0.732 bits per heavy atom. The van der Waals surface area contributed by atoms with Crippen LogP contribution in [0, 0.1) is 0 Å². The van der Waals surface area contributed by atoms with Crippen molar-refractivity contribution in [3.63, 3.8) is 0 Å². The van der Waals surface area contributed by atoms with Gasteiger partial charge >= 0.3 is 0 Å². The Labute approximate surface area is 337 Å². The molecule has 0 unspecified atom stereocenters. The molecule has 15 N–H and O–H groups in total. The molecule has 3 aliphatic heterocycles.